The lowest BCUT2D eigenvalue weighted by Crippen LogP contribution is -2.32. The van der Waals surface area contributed by atoms with E-state index in [1.165, 1.54) is 17.9 Å². The molecule has 1 aliphatic heterocycles. The van der Waals surface area contributed by atoms with Crippen LogP contribution < -0.4 is 9.64 Å². The van der Waals surface area contributed by atoms with E-state index in [-0.39, 0.29) is 40.7 Å². The van der Waals surface area contributed by atoms with Crippen molar-refractivity contribution in [3.8, 4) is 5.75 Å². The van der Waals surface area contributed by atoms with Gasteiger partial charge in [-0.2, -0.15) is 0 Å². The van der Waals surface area contributed by atoms with Crippen molar-refractivity contribution in [2.24, 2.45) is 23.7 Å². The van der Waals surface area contributed by atoms with Gasteiger partial charge in [-0.1, -0.05) is 18.2 Å². The highest BCUT2D eigenvalue weighted by atomic mass is 16.5. The average Bonchev–Trinajstić information content (AvgIpc) is 3.42. The summed E-state index contributed by atoms with van der Waals surface area (Å²) in [4.78, 5) is 51.8. The number of carbonyl (C=O) groups excluding carboxylic acids is 4. The molecule has 2 aromatic carbocycles. The number of amides is 2. The molecule has 30 heavy (non-hydrogen) atoms. The Labute approximate surface area is 173 Å². The molecule has 0 aromatic heterocycles. The number of rotatable bonds is 4. The summed E-state index contributed by atoms with van der Waals surface area (Å²) >= 11 is 0. The molecule has 152 valence electrons. The third kappa shape index (κ3) is 2.78. The summed E-state index contributed by atoms with van der Waals surface area (Å²) in [5, 5.41) is 0. The minimum atomic E-state index is -0.648. The molecule has 2 aromatic rings. The molecule has 3 aliphatic rings. The van der Waals surface area contributed by atoms with Crippen molar-refractivity contribution >= 4 is 29.3 Å². The standard InChI is InChI=1S/C24H21NO5/c1-13(26)18-7-2-3-8-19(18)30-24(29)16-5-4-6-17(12-16)25-22(27)20-14-9-10-15(11-14)21(20)23(25)28/h2-8,12,14-15,20-21H,9-11H2,1H3/t14-,15+,20-,21+. The van der Waals surface area contributed by atoms with Crippen molar-refractivity contribution in [1.29, 1.82) is 0 Å². The quantitative estimate of drug-likeness (QED) is 0.337. The highest BCUT2D eigenvalue weighted by Gasteiger charge is 2.61. The number of fused-ring (bicyclic) bond motifs is 5. The summed E-state index contributed by atoms with van der Waals surface area (Å²) < 4.78 is 5.43. The Balaban J connectivity index is 1.41. The largest absolute Gasteiger partial charge is 0.422 e. The Bertz CT molecular complexity index is 1060. The molecule has 1 saturated heterocycles. The van der Waals surface area contributed by atoms with Crippen molar-refractivity contribution in [1.82, 2.24) is 0 Å². The van der Waals surface area contributed by atoms with Gasteiger partial charge in [0.1, 0.15) is 5.75 Å². The summed E-state index contributed by atoms with van der Waals surface area (Å²) in [5.74, 6) is -0.792. The van der Waals surface area contributed by atoms with E-state index in [0.29, 0.717) is 23.1 Å². The summed E-state index contributed by atoms with van der Waals surface area (Å²) in [6.07, 6.45) is 3.00. The fourth-order valence-electron chi connectivity index (χ4n) is 5.44. The predicted octanol–water partition coefficient (Wildman–Crippen LogP) is 3.64. The zero-order valence-electron chi connectivity index (χ0n) is 16.5. The maximum absolute atomic E-state index is 13.0. The first-order chi connectivity index (χ1) is 14.5. The number of imide groups is 1. The third-order valence-corrected chi connectivity index (χ3v) is 6.74. The highest BCUT2D eigenvalue weighted by Crippen LogP contribution is 2.56. The van der Waals surface area contributed by atoms with Crippen LogP contribution in [0.5, 0.6) is 5.75 Å². The molecule has 6 heteroatoms. The van der Waals surface area contributed by atoms with Crippen LogP contribution in [-0.2, 0) is 9.59 Å². The van der Waals surface area contributed by atoms with E-state index in [0.717, 1.165) is 19.3 Å². The van der Waals surface area contributed by atoms with Gasteiger partial charge in [0.05, 0.1) is 28.7 Å². The van der Waals surface area contributed by atoms with Gasteiger partial charge in [0, 0.05) is 0 Å². The highest BCUT2D eigenvalue weighted by molar-refractivity contribution is 6.22. The first-order valence-electron chi connectivity index (χ1n) is 10.3. The maximum atomic E-state index is 13.0. The van der Waals surface area contributed by atoms with Gasteiger partial charge in [-0.15, -0.1) is 0 Å². The van der Waals surface area contributed by atoms with E-state index in [9.17, 15) is 19.2 Å². The first-order valence-corrected chi connectivity index (χ1v) is 10.3. The molecule has 2 saturated carbocycles. The zero-order chi connectivity index (χ0) is 21.0. The number of hydrogen-bond donors (Lipinski definition) is 0. The summed E-state index contributed by atoms with van der Waals surface area (Å²) in [5.41, 5.74) is 0.926. The minimum Gasteiger partial charge on any atom is -0.422 e. The van der Waals surface area contributed by atoms with Crippen molar-refractivity contribution in [2.75, 3.05) is 4.90 Å². The molecule has 4 atom stereocenters. The Kier molecular flexibility index (Phi) is 4.31. The predicted molar refractivity (Wildman–Crippen MR) is 108 cm³/mol. The van der Waals surface area contributed by atoms with Crippen LogP contribution >= 0.6 is 0 Å². The van der Waals surface area contributed by atoms with Crippen molar-refractivity contribution in [2.45, 2.75) is 26.2 Å². The molecule has 1 heterocycles. The number of carbonyl (C=O) groups is 4. The molecule has 0 N–H and O–H groups in total. The van der Waals surface area contributed by atoms with Gasteiger partial charge in [0.2, 0.25) is 11.8 Å². The molecule has 6 nitrogen and oxygen atoms in total. The van der Waals surface area contributed by atoms with E-state index >= 15 is 0 Å². The maximum Gasteiger partial charge on any atom is 0.343 e. The van der Waals surface area contributed by atoms with Crippen molar-refractivity contribution in [3.63, 3.8) is 0 Å². The Hall–Kier alpha value is -3.28. The van der Waals surface area contributed by atoms with E-state index < -0.39 is 5.97 Å². The number of hydrogen-bond acceptors (Lipinski definition) is 5. The molecule has 0 radical (unpaired) electrons. The molecule has 3 fully saturated rings. The van der Waals surface area contributed by atoms with Gasteiger partial charge in [-0.3, -0.25) is 19.3 Å². The van der Waals surface area contributed by atoms with Gasteiger partial charge in [0.15, 0.2) is 5.78 Å². The molecule has 2 aliphatic carbocycles. The monoisotopic (exact) mass is 403 g/mol. The second-order valence-corrected chi connectivity index (χ2v) is 8.39. The Morgan fingerprint density at radius 1 is 0.933 bits per heavy atom. The number of ketones is 1. The lowest BCUT2D eigenvalue weighted by molar-refractivity contribution is -0.123. The molecule has 0 spiro atoms. The van der Waals surface area contributed by atoms with E-state index in [4.69, 9.17) is 4.74 Å². The van der Waals surface area contributed by atoms with Crippen molar-refractivity contribution in [3.05, 3.63) is 59.7 Å². The number of nitrogens with zero attached hydrogens (tertiary/aromatic N) is 1. The minimum absolute atomic E-state index is 0.148. The van der Waals surface area contributed by atoms with E-state index in [1.807, 2.05) is 0 Å². The van der Waals surface area contributed by atoms with Crippen LogP contribution in [0.25, 0.3) is 0 Å². The van der Waals surface area contributed by atoms with Gasteiger partial charge in [-0.05, 0) is 68.4 Å². The summed E-state index contributed by atoms with van der Waals surface area (Å²) in [6, 6.07) is 12.9. The van der Waals surface area contributed by atoms with Gasteiger partial charge in [-0.25, -0.2) is 4.79 Å². The lowest BCUT2D eigenvalue weighted by Gasteiger charge is -2.19. The fourth-order valence-corrected chi connectivity index (χ4v) is 5.44. The zero-order valence-corrected chi connectivity index (χ0v) is 16.5. The SMILES string of the molecule is CC(=O)c1ccccc1OC(=O)c1cccc(N2C(=O)[C@@H]3[C@@H]4CC[C@@H](C4)[C@@H]3C2=O)c1. The van der Waals surface area contributed by atoms with Gasteiger partial charge < -0.3 is 4.74 Å². The van der Waals surface area contributed by atoms with E-state index in [2.05, 4.69) is 0 Å². The Morgan fingerprint density at radius 3 is 2.27 bits per heavy atom. The number of anilines is 1. The number of Topliss-reactive ketones (excluding diaryl/α,β-unsaturated/α-hetero) is 1. The van der Waals surface area contributed by atoms with Crippen molar-refractivity contribution < 1.29 is 23.9 Å². The number of ether oxygens (including phenoxy) is 1. The smallest absolute Gasteiger partial charge is 0.343 e. The van der Waals surface area contributed by atoms with Crippen LogP contribution in [0, 0.1) is 23.7 Å². The van der Waals surface area contributed by atoms with Crippen LogP contribution in [-0.4, -0.2) is 23.6 Å². The molecule has 2 bridgehead atoms. The summed E-state index contributed by atoms with van der Waals surface area (Å²) in [7, 11) is 0. The lowest BCUT2D eigenvalue weighted by atomic mass is 9.81. The molecule has 2 amide bonds. The molecule has 5 rings (SSSR count). The van der Waals surface area contributed by atoms with Crippen LogP contribution in [0.3, 0.4) is 0 Å². The van der Waals surface area contributed by atoms with Crippen LogP contribution in [0.1, 0.15) is 46.9 Å². The second kappa shape index (κ2) is 6.90. The average molecular weight is 403 g/mol. The normalized spacial score (nSPS) is 26.8. The van der Waals surface area contributed by atoms with E-state index in [1.54, 1.807) is 42.5 Å². The fraction of sp³-hybridized carbons (Fsp3) is 0.333. The second-order valence-electron chi connectivity index (χ2n) is 8.39. The van der Waals surface area contributed by atoms with Crippen LogP contribution in [0.2, 0.25) is 0 Å². The number of para-hydroxylation sites is 1. The molecular weight excluding hydrogens is 382 g/mol. The number of esters is 1. The van der Waals surface area contributed by atoms with Crippen LogP contribution in [0.4, 0.5) is 5.69 Å². The molecular formula is C24H21NO5. The topological polar surface area (TPSA) is 80.8 Å². The summed E-state index contributed by atoms with van der Waals surface area (Å²) in [6.45, 7) is 1.40. The third-order valence-electron chi connectivity index (χ3n) is 6.74. The first kappa shape index (κ1) is 18.7. The van der Waals surface area contributed by atoms with Gasteiger partial charge in [0.25, 0.3) is 0 Å². The number of benzene rings is 2. The Morgan fingerprint density at radius 2 is 1.60 bits per heavy atom. The molecule has 0 unspecified atom stereocenters. The van der Waals surface area contributed by atoms with Crippen LogP contribution in [0.15, 0.2) is 48.5 Å². The van der Waals surface area contributed by atoms with Gasteiger partial charge >= 0.3 is 5.97 Å².